The Labute approximate surface area is 210 Å². The summed E-state index contributed by atoms with van der Waals surface area (Å²) in [7, 11) is 0. The van der Waals surface area contributed by atoms with Gasteiger partial charge in [0, 0.05) is 6.54 Å². The van der Waals surface area contributed by atoms with Crippen LogP contribution in [0, 0.1) is 0 Å². The molecule has 0 N–H and O–H groups in total. The lowest BCUT2D eigenvalue weighted by atomic mass is 10.0. The molecule has 0 fully saturated rings. The Morgan fingerprint density at radius 2 is 1.42 bits per heavy atom. The summed E-state index contributed by atoms with van der Waals surface area (Å²) in [5.41, 5.74) is 4.12. The minimum Gasteiger partial charge on any atom is -0.317 e. The van der Waals surface area contributed by atoms with E-state index in [9.17, 15) is 9.59 Å². The minimum atomic E-state index is -0.377. The number of aromatic nitrogens is 4. The second-order valence-electron chi connectivity index (χ2n) is 9.47. The maximum absolute atomic E-state index is 13.8. The van der Waals surface area contributed by atoms with Crippen LogP contribution >= 0.6 is 0 Å². The monoisotopic (exact) mass is 478 g/mol. The third-order valence-electron chi connectivity index (χ3n) is 6.84. The summed E-state index contributed by atoms with van der Waals surface area (Å²) in [6.45, 7) is 6.59. The topological polar surface area (TPSA) is 61.8 Å². The number of aryl methyl sites for hydroxylation is 1. The molecule has 0 aliphatic carbocycles. The fourth-order valence-corrected chi connectivity index (χ4v) is 4.66. The van der Waals surface area contributed by atoms with Crippen molar-refractivity contribution in [3.05, 3.63) is 129 Å². The minimum absolute atomic E-state index is 0.124. The third-order valence-corrected chi connectivity index (χ3v) is 6.84. The van der Waals surface area contributed by atoms with Crippen LogP contribution < -0.4 is 11.2 Å². The standard InChI is InChI=1S/C30H30N4O2/c1-21(2)24-14-16-26(17-15-24)34-28-27(33(20-31-28)22(3)25-12-8-5-9-13-25)29(35)32(30(34)36)19-18-23-10-6-4-7-11-23/h4-17,20-22H,18-19H2,1-3H3/t22-/m1/s1. The first-order valence-electron chi connectivity index (χ1n) is 12.4. The summed E-state index contributed by atoms with van der Waals surface area (Å²) in [5.74, 6) is 0.376. The molecule has 0 spiro atoms. The SMILES string of the molecule is CC(C)c1ccc(-n2c(=O)n(CCc3ccccc3)c(=O)c3c2ncn3[C@H](C)c2ccccc2)cc1. The highest BCUT2D eigenvalue weighted by atomic mass is 16.2. The Bertz CT molecular complexity index is 1600. The number of rotatable bonds is 7. The van der Waals surface area contributed by atoms with Crippen molar-refractivity contribution >= 4 is 11.2 Å². The lowest BCUT2D eigenvalue weighted by molar-refractivity contribution is 0.606. The van der Waals surface area contributed by atoms with Crippen LogP contribution in [0.4, 0.5) is 0 Å². The fourth-order valence-electron chi connectivity index (χ4n) is 4.66. The molecule has 6 heteroatoms. The van der Waals surface area contributed by atoms with Gasteiger partial charge in [-0.25, -0.2) is 14.3 Å². The van der Waals surface area contributed by atoms with E-state index in [4.69, 9.17) is 0 Å². The Morgan fingerprint density at radius 3 is 2.06 bits per heavy atom. The van der Waals surface area contributed by atoms with E-state index < -0.39 is 0 Å². The number of nitrogens with zero attached hydrogens (tertiary/aromatic N) is 4. The average Bonchev–Trinajstić information content (AvgIpc) is 3.34. The van der Waals surface area contributed by atoms with E-state index in [2.05, 4.69) is 18.8 Å². The van der Waals surface area contributed by atoms with Crippen molar-refractivity contribution < 1.29 is 0 Å². The second kappa shape index (κ2) is 9.82. The van der Waals surface area contributed by atoms with Crippen LogP contribution in [-0.2, 0) is 13.0 Å². The molecule has 0 aliphatic heterocycles. The van der Waals surface area contributed by atoms with Crippen LogP contribution in [0.15, 0.2) is 101 Å². The van der Waals surface area contributed by atoms with Crippen molar-refractivity contribution in [2.75, 3.05) is 0 Å². The highest BCUT2D eigenvalue weighted by Crippen LogP contribution is 2.23. The van der Waals surface area contributed by atoms with Gasteiger partial charge < -0.3 is 4.57 Å². The van der Waals surface area contributed by atoms with Crippen molar-refractivity contribution in [2.45, 2.75) is 45.7 Å². The molecule has 2 aromatic heterocycles. The molecule has 5 rings (SSSR count). The van der Waals surface area contributed by atoms with Crippen molar-refractivity contribution in [2.24, 2.45) is 0 Å². The average molecular weight is 479 g/mol. The normalized spacial score (nSPS) is 12.3. The van der Waals surface area contributed by atoms with Gasteiger partial charge in [0.2, 0.25) is 0 Å². The third kappa shape index (κ3) is 4.31. The zero-order valence-electron chi connectivity index (χ0n) is 20.8. The zero-order chi connectivity index (χ0) is 25.2. The van der Waals surface area contributed by atoms with E-state index >= 15 is 0 Å². The van der Waals surface area contributed by atoms with Crippen LogP contribution in [-0.4, -0.2) is 18.7 Å². The molecule has 2 heterocycles. The Kier molecular flexibility index (Phi) is 6.42. The van der Waals surface area contributed by atoms with Gasteiger partial charge in [-0.2, -0.15) is 0 Å². The lowest BCUT2D eigenvalue weighted by Gasteiger charge is -2.17. The van der Waals surface area contributed by atoms with Gasteiger partial charge in [-0.1, -0.05) is 86.6 Å². The van der Waals surface area contributed by atoms with Crippen LogP contribution in [0.5, 0.6) is 0 Å². The van der Waals surface area contributed by atoms with Gasteiger partial charge in [0.1, 0.15) is 0 Å². The number of imidazole rings is 1. The molecule has 3 aromatic carbocycles. The largest absolute Gasteiger partial charge is 0.337 e. The van der Waals surface area contributed by atoms with Gasteiger partial charge in [-0.05, 0) is 48.1 Å². The number of hydrogen-bond donors (Lipinski definition) is 0. The Balaban J connectivity index is 1.71. The van der Waals surface area contributed by atoms with Gasteiger partial charge in [0.15, 0.2) is 11.2 Å². The Morgan fingerprint density at radius 1 is 0.778 bits per heavy atom. The molecule has 36 heavy (non-hydrogen) atoms. The van der Waals surface area contributed by atoms with Crippen LogP contribution in [0.2, 0.25) is 0 Å². The summed E-state index contributed by atoms with van der Waals surface area (Å²) in [6, 6.07) is 27.7. The van der Waals surface area contributed by atoms with Gasteiger partial charge in [0.25, 0.3) is 5.56 Å². The van der Waals surface area contributed by atoms with Crippen LogP contribution in [0.1, 0.15) is 49.4 Å². The molecule has 182 valence electrons. The van der Waals surface area contributed by atoms with E-state index in [1.54, 1.807) is 10.9 Å². The first-order valence-corrected chi connectivity index (χ1v) is 12.4. The predicted molar refractivity (Wildman–Crippen MR) is 144 cm³/mol. The van der Waals surface area contributed by atoms with Gasteiger partial charge in [-0.3, -0.25) is 9.36 Å². The quantitative estimate of drug-likeness (QED) is 0.318. The van der Waals surface area contributed by atoms with Crippen molar-refractivity contribution in [1.82, 2.24) is 18.7 Å². The van der Waals surface area contributed by atoms with Crippen molar-refractivity contribution in [3.8, 4) is 5.69 Å². The molecule has 0 amide bonds. The molecule has 1 atom stereocenters. The summed E-state index contributed by atoms with van der Waals surface area (Å²) in [5, 5.41) is 0. The maximum atomic E-state index is 13.8. The Hall–Kier alpha value is -4.19. The van der Waals surface area contributed by atoms with Crippen LogP contribution in [0.3, 0.4) is 0 Å². The fraction of sp³-hybridized carbons (Fsp3) is 0.233. The van der Waals surface area contributed by atoms with Crippen molar-refractivity contribution in [3.63, 3.8) is 0 Å². The molecule has 6 nitrogen and oxygen atoms in total. The second-order valence-corrected chi connectivity index (χ2v) is 9.47. The molecular formula is C30H30N4O2. The van der Waals surface area contributed by atoms with E-state index in [0.29, 0.717) is 29.2 Å². The number of benzene rings is 3. The smallest absolute Gasteiger partial charge is 0.317 e. The first-order chi connectivity index (χ1) is 17.5. The highest BCUT2D eigenvalue weighted by Gasteiger charge is 2.22. The summed E-state index contributed by atoms with van der Waals surface area (Å²) < 4.78 is 4.80. The summed E-state index contributed by atoms with van der Waals surface area (Å²) >= 11 is 0. The molecule has 0 aliphatic rings. The van der Waals surface area contributed by atoms with Crippen molar-refractivity contribution in [1.29, 1.82) is 0 Å². The molecule has 0 bridgehead atoms. The summed E-state index contributed by atoms with van der Waals surface area (Å²) in [6.07, 6.45) is 2.25. The molecular weight excluding hydrogens is 448 g/mol. The summed E-state index contributed by atoms with van der Waals surface area (Å²) in [4.78, 5) is 32.2. The van der Waals surface area contributed by atoms with Gasteiger partial charge >= 0.3 is 5.69 Å². The lowest BCUT2D eigenvalue weighted by Crippen LogP contribution is -2.40. The van der Waals surface area contributed by atoms with E-state index in [-0.39, 0.29) is 23.8 Å². The highest BCUT2D eigenvalue weighted by molar-refractivity contribution is 5.73. The zero-order valence-corrected chi connectivity index (χ0v) is 20.8. The molecule has 0 unspecified atom stereocenters. The van der Waals surface area contributed by atoms with Crippen LogP contribution in [0.25, 0.3) is 16.9 Å². The van der Waals surface area contributed by atoms with Gasteiger partial charge in [0.05, 0.1) is 18.1 Å². The first kappa shape index (κ1) is 23.5. The van der Waals surface area contributed by atoms with E-state index in [1.165, 1.54) is 10.1 Å². The predicted octanol–water partition coefficient (Wildman–Crippen LogP) is 5.32. The van der Waals surface area contributed by atoms with E-state index in [0.717, 1.165) is 11.1 Å². The van der Waals surface area contributed by atoms with E-state index in [1.807, 2.05) is 96.4 Å². The molecule has 5 aromatic rings. The number of hydrogen-bond acceptors (Lipinski definition) is 3. The molecule has 0 radical (unpaired) electrons. The maximum Gasteiger partial charge on any atom is 0.337 e. The number of fused-ring (bicyclic) bond motifs is 1. The molecule has 0 saturated carbocycles. The van der Waals surface area contributed by atoms with Gasteiger partial charge in [-0.15, -0.1) is 0 Å². The molecule has 0 saturated heterocycles.